The average molecular weight is 371 g/mol. The molecule has 3 N–H and O–H groups in total. The monoisotopic (exact) mass is 370 g/mol. The number of halogens is 2. The van der Waals surface area contributed by atoms with Gasteiger partial charge in [0.2, 0.25) is 10.0 Å². The molecule has 0 amide bonds. The molecule has 21 heavy (non-hydrogen) atoms. The van der Waals surface area contributed by atoms with E-state index in [9.17, 15) is 21.2 Å². The summed E-state index contributed by atoms with van der Waals surface area (Å²) in [7, 11) is -8.15. The zero-order chi connectivity index (χ0) is 15.8. The van der Waals surface area contributed by atoms with E-state index in [4.69, 9.17) is 16.7 Å². The van der Waals surface area contributed by atoms with Crippen molar-refractivity contribution < 1.29 is 21.2 Å². The number of thiophene rings is 1. The average Bonchev–Trinajstić information content (AvgIpc) is 2.78. The largest absolute Gasteiger partial charge is 0.276 e. The topological polar surface area (TPSA) is 106 Å². The standard InChI is InChI=1S/C10H8ClFN2O4S3/c11-9-3-4-10(19-9)21(17,18)14-8-5-6(20(13,15)16)1-2-7(8)12/h1-5,14H,(H2,13,15,16). The molecule has 0 saturated heterocycles. The minimum Gasteiger partial charge on any atom is -0.276 e. The van der Waals surface area contributed by atoms with Crippen molar-refractivity contribution in [1.82, 2.24) is 0 Å². The van der Waals surface area contributed by atoms with Gasteiger partial charge in [-0.15, -0.1) is 11.3 Å². The Morgan fingerprint density at radius 3 is 2.33 bits per heavy atom. The molecule has 1 aromatic heterocycles. The van der Waals surface area contributed by atoms with Crippen LogP contribution in [0.15, 0.2) is 39.4 Å². The van der Waals surface area contributed by atoms with Crippen LogP contribution in [0.3, 0.4) is 0 Å². The van der Waals surface area contributed by atoms with Crippen molar-refractivity contribution in [2.75, 3.05) is 4.72 Å². The summed E-state index contributed by atoms with van der Waals surface area (Å²) in [6, 6.07) is 5.16. The van der Waals surface area contributed by atoms with E-state index >= 15 is 0 Å². The molecule has 1 heterocycles. The molecule has 0 aliphatic carbocycles. The van der Waals surface area contributed by atoms with Gasteiger partial charge in [0.15, 0.2) is 0 Å². The minimum atomic E-state index is -4.08. The number of hydrogen-bond donors (Lipinski definition) is 2. The molecule has 0 radical (unpaired) electrons. The molecule has 11 heteroatoms. The molecule has 0 spiro atoms. The second kappa shape index (κ2) is 5.54. The highest BCUT2D eigenvalue weighted by Crippen LogP contribution is 2.28. The summed E-state index contributed by atoms with van der Waals surface area (Å²) in [4.78, 5) is -0.411. The third kappa shape index (κ3) is 3.71. The van der Waals surface area contributed by atoms with Gasteiger partial charge in [-0.25, -0.2) is 26.4 Å². The van der Waals surface area contributed by atoms with Crippen LogP contribution >= 0.6 is 22.9 Å². The van der Waals surface area contributed by atoms with E-state index in [2.05, 4.69) is 0 Å². The van der Waals surface area contributed by atoms with Gasteiger partial charge in [0.1, 0.15) is 10.0 Å². The van der Waals surface area contributed by atoms with E-state index in [1.54, 1.807) is 0 Å². The van der Waals surface area contributed by atoms with Crippen LogP contribution in [0.2, 0.25) is 4.34 Å². The molecular formula is C10H8ClFN2O4S3. The SMILES string of the molecule is NS(=O)(=O)c1ccc(F)c(NS(=O)(=O)c2ccc(Cl)s2)c1. The van der Waals surface area contributed by atoms with Gasteiger partial charge in [0.05, 0.1) is 14.9 Å². The number of anilines is 1. The van der Waals surface area contributed by atoms with Crippen LogP contribution < -0.4 is 9.86 Å². The molecule has 0 saturated carbocycles. The maximum absolute atomic E-state index is 13.6. The Morgan fingerprint density at radius 2 is 1.81 bits per heavy atom. The van der Waals surface area contributed by atoms with Crippen LogP contribution in [0.5, 0.6) is 0 Å². The Morgan fingerprint density at radius 1 is 1.14 bits per heavy atom. The van der Waals surface area contributed by atoms with Crippen LogP contribution in [-0.4, -0.2) is 16.8 Å². The number of hydrogen-bond acceptors (Lipinski definition) is 5. The zero-order valence-corrected chi connectivity index (χ0v) is 13.3. The summed E-state index contributed by atoms with van der Waals surface area (Å²) >= 11 is 6.42. The predicted molar refractivity (Wildman–Crippen MR) is 77.9 cm³/mol. The fourth-order valence-electron chi connectivity index (χ4n) is 1.40. The number of rotatable bonds is 4. The number of nitrogens with one attached hydrogen (secondary N) is 1. The Hall–Kier alpha value is -1.20. The Balaban J connectivity index is 2.44. The minimum absolute atomic E-state index is 0.132. The summed E-state index contributed by atoms with van der Waals surface area (Å²) in [5.74, 6) is -0.936. The van der Waals surface area contributed by atoms with Crippen molar-refractivity contribution in [1.29, 1.82) is 0 Å². The summed E-state index contributed by atoms with van der Waals surface area (Å²) in [6.45, 7) is 0. The maximum Gasteiger partial charge on any atom is 0.271 e. The highest BCUT2D eigenvalue weighted by Gasteiger charge is 2.20. The van der Waals surface area contributed by atoms with Crippen LogP contribution in [0.1, 0.15) is 0 Å². The fraction of sp³-hybridized carbons (Fsp3) is 0. The lowest BCUT2D eigenvalue weighted by Gasteiger charge is -2.08. The maximum atomic E-state index is 13.6. The number of benzene rings is 1. The van der Waals surface area contributed by atoms with Crippen LogP contribution in [0, 0.1) is 5.82 Å². The smallest absolute Gasteiger partial charge is 0.271 e. The molecule has 0 aliphatic rings. The van der Waals surface area contributed by atoms with Crippen molar-refractivity contribution in [2.45, 2.75) is 9.10 Å². The Labute approximate surface area is 129 Å². The molecule has 114 valence electrons. The first-order valence-electron chi connectivity index (χ1n) is 5.20. The van der Waals surface area contributed by atoms with E-state index in [1.807, 2.05) is 4.72 Å². The van der Waals surface area contributed by atoms with Crippen molar-refractivity contribution in [3.05, 3.63) is 40.5 Å². The lowest BCUT2D eigenvalue weighted by Crippen LogP contribution is -2.15. The zero-order valence-electron chi connectivity index (χ0n) is 10.1. The lowest BCUT2D eigenvalue weighted by molar-refractivity contribution is 0.594. The molecule has 1 aromatic carbocycles. The molecule has 6 nitrogen and oxygen atoms in total. The van der Waals surface area contributed by atoms with Crippen molar-refractivity contribution in [3.8, 4) is 0 Å². The number of nitrogens with two attached hydrogens (primary N) is 1. The van der Waals surface area contributed by atoms with Crippen LogP contribution in [-0.2, 0) is 20.0 Å². The van der Waals surface area contributed by atoms with Crippen LogP contribution in [0.4, 0.5) is 10.1 Å². The first-order valence-corrected chi connectivity index (χ1v) is 9.42. The van der Waals surface area contributed by atoms with Gasteiger partial charge in [-0.2, -0.15) is 0 Å². The molecule has 0 aliphatic heterocycles. The predicted octanol–water partition coefficient (Wildman–Crippen LogP) is 1.99. The molecule has 0 unspecified atom stereocenters. The van der Waals surface area contributed by atoms with Gasteiger partial charge in [0.25, 0.3) is 10.0 Å². The van der Waals surface area contributed by atoms with Gasteiger partial charge in [-0.1, -0.05) is 11.6 Å². The van der Waals surface area contributed by atoms with E-state index in [-0.39, 0.29) is 8.55 Å². The van der Waals surface area contributed by atoms with Gasteiger partial charge in [0, 0.05) is 0 Å². The first kappa shape index (κ1) is 16.2. The number of sulfonamides is 2. The van der Waals surface area contributed by atoms with Crippen molar-refractivity contribution >= 4 is 48.7 Å². The summed E-state index contributed by atoms with van der Waals surface area (Å²) in [6.07, 6.45) is 0. The van der Waals surface area contributed by atoms with Gasteiger partial charge in [-0.3, -0.25) is 4.72 Å². The van der Waals surface area contributed by atoms with E-state index < -0.39 is 36.4 Å². The highest BCUT2D eigenvalue weighted by atomic mass is 35.5. The molecular weight excluding hydrogens is 363 g/mol. The van der Waals surface area contributed by atoms with Gasteiger partial charge < -0.3 is 0 Å². The second-order valence-electron chi connectivity index (χ2n) is 3.85. The summed E-state index contributed by atoms with van der Waals surface area (Å²) in [5, 5.41) is 4.91. The quantitative estimate of drug-likeness (QED) is 0.858. The fourth-order valence-corrected chi connectivity index (χ4v) is 4.48. The lowest BCUT2D eigenvalue weighted by atomic mass is 10.3. The number of primary sulfonamides is 1. The van der Waals surface area contributed by atoms with Crippen molar-refractivity contribution in [3.63, 3.8) is 0 Å². The molecule has 0 atom stereocenters. The van der Waals surface area contributed by atoms with E-state index in [0.29, 0.717) is 0 Å². The molecule has 0 bridgehead atoms. The first-order chi connectivity index (χ1) is 9.59. The third-order valence-corrected chi connectivity index (χ3v) is 6.32. The normalized spacial score (nSPS) is 12.3. The third-order valence-electron chi connectivity index (χ3n) is 2.32. The highest BCUT2D eigenvalue weighted by molar-refractivity contribution is 7.94. The Kier molecular flexibility index (Phi) is 4.26. The van der Waals surface area contributed by atoms with Gasteiger partial charge in [-0.05, 0) is 30.3 Å². The molecule has 0 fully saturated rings. The Bertz CT molecular complexity index is 893. The van der Waals surface area contributed by atoms with E-state index in [1.165, 1.54) is 12.1 Å². The van der Waals surface area contributed by atoms with Gasteiger partial charge >= 0.3 is 0 Å². The van der Waals surface area contributed by atoms with Crippen molar-refractivity contribution in [2.24, 2.45) is 5.14 Å². The molecule has 2 rings (SSSR count). The summed E-state index contributed by atoms with van der Waals surface area (Å²) in [5.41, 5.74) is -0.522. The summed E-state index contributed by atoms with van der Waals surface area (Å²) < 4.78 is 62.1. The second-order valence-corrected chi connectivity index (χ2v) is 9.04. The van der Waals surface area contributed by atoms with E-state index in [0.717, 1.165) is 29.5 Å². The molecule has 2 aromatic rings. The van der Waals surface area contributed by atoms with Crippen LogP contribution in [0.25, 0.3) is 0 Å².